The van der Waals surface area contributed by atoms with Crippen molar-refractivity contribution >= 4 is 5.82 Å². The molecule has 78 valence electrons. The maximum absolute atomic E-state index is 5.50. The molecule has 0 amide bonds. The van der Waals surface area contributed by atoms with Crippen LogP contribution in [0, 0.1) is 6.92 Å². The molecule has 2 rings (SSSR count). The molecule has 0 unspecified atom stereocenters. The van der Waals surface area contributed by atoms with E-state index in [0.29, 0.717) is 11.6 Å². The van der Waals surface area contributed by atoms with Gasteiger partial charge in [0.25, 0.3) is 0 Å². The normalized spacial score (nSPS) is 10.5. The molecule has 2 heterocycles. The number of aromatic nitrogens is 3. The second-order valence-electron chi connectivity index (χ2n) is 3.32. The van der Waals surface area contributed by atoms with Crippen LogP contribution in [0.4, 0.5) is 5.82 Å². The minimum Gasteiger partial charge on any atom is -0.381 e. The lowest BCUT2D eigenvalue weighted by atomic mass is 10.1. The molecule has 0 aromatic carbocycles. The molecule has 15 heavy (non-hydrogen) atoms. The fraction of sp³-hybridized carbons (Fsp3) is 0.300. The van der Waals surface area contributed by atoms with Crippen molar-refractivity contribution in [3.63, 3.8) is 0 Å². The second-order valence-corrected chi connectivity index (χ2v) is 3.32. The molecular formula is C10H12N4O. The molecule has 0 atom stereocenters. The van der Waals surface area contributed by atoms with E-state index in [-0.39, 0.29) is 0 Å². The van der Waals surface area contributed by atoms with Gasteiger partial charge in [-0.05, 0) is 19.4 Å². The Morgan fingerprint density at radius 2 is 2.13 bits per heavy atom. The second kappa shape index (κ2) is 3.68. The van der Waals surface area contributed by atoms with E-state index >= 15 is 0 Å². The van der Waals surface area contributed by atoms with Crippen molar-refractivity contribution in [2.45, 2.75) is 20.3 Å². The first-order valence-electron chi connectivity index (χ1n) is 4.76. The van der Waals surface area contributed by atoms with Crippen LogP contribution in [0.25, 0.3) is 11.3 Å². The van der Waals surface area contributed by atoms with Crippen molar-refractivity contribution in [3.05, 3.63) is 23.5 Å². The standard InChI is InChI=1S/C10H12N4O/c1-3-8-7(4-6(2)12-13-8)9-5-10(11)14-15-9/h4-5H,3H2,1-2H3,(H2,11,14). The highest BCUT2D eigenvalue weighted by atomic mass is 16.5. The van der Waals surface area contributed by atoms with Gasteiger partial charge >= 0.3 is 0 Å². The molecule has 0 saturated heterocycles. The van der Waals surface area contributed by atoms with Gasteiger partial charge in [0.2, 0.25) is 0 Å². The highest BCUT2D eigenvalue weighted by Gasteiger charge is 2.11. The fourth-order valence-corrected chi connectivity index (χ4v) is 1.40. The van der Waals surface area contributed by atoms with Crippen LogP contribution >= 0.6 is 0 Å². The number of aryl methyl sites for hydroxylation is 2. The lowest BCUT2D eigenvalue weighted by Crippen LogP contribution is -1.96. The Morgan fingerprint density at radius 1 is 1.33 bits per heavy atom. The summed E-state index contributed by atoms with van der Waals surface area (Å²) in [6, 6.07) is 3.61. The summed E-state index contributed by atoms with van der Waals surface area (Å²) in [5.74, 6) is 1.02. The van der Waals surface area contributed by atoms with E-state index in [0.717, 1.165) is 23.4 Å². The van der Waals surface area contributed by atoms with Gasteiger partial charge in [0.15, 0.2) is 11.6 Å². The van der Waals surface area contributed by atoms with Gasteiger partial charge in [0.05, 0.1) is 11.4 Å². The number of rotatable bonds is 2. The van der Waals surface area contributed by atoms with Gasteiger partial charge in [-0.25, -0.2) is 0 Å². The van der Waals surface area contributed by atoms with Gasteiger partial charge in [-0.3, -0.25) is 0 Å². The summed E-state index contributed by atoms with van der Waals surface area (Å²) in [4.78, 5) is 0. The Hall–Kier alpha value is -1.91. The SMILES string of the molecule is CCc1nnc(C)cc1-c1cc(N)no1. The zero-order valence-electron chi connectivity index (χ0n) is 8.69. The van der Waals surface area contributed by atoms with Gasteiger partial charge in [0, 0.05) is 11.6 Å². The van der Waals surface area contributed by atoms with Crippen LogP contribution in [0.2, 0.25) is 0 Å². The summed E-state index contributed by atoms with van der Waals surface area (Å²) in [6.07, 6.45) is 0.795. The zero-order chi connectivity index (χ0) is 10.8. The maximum atomic E-state index is 5.50. The van der Waals surface area contributed by atoms with Crippen LogP contribution in [-0.4, -0.2) is 15.4 Å². The fourth-order valence-electron chi connectivity index (χ4n) is 1.40. The average molecular weight is 204 g/mol. The molecule has 0 spiro atoms. The summed E-state index contributed by atoms with van der Waals surface area (Å²) < 4.78 is 5.11. The topological polar surface area (TPSA) is 77.8 Å². The lowest BCUT2D eigenvalue weighted by Gasteiger charge is -2.02. The molecule has 2 aromatic rings. The number of nitrogens with zero attached hydrogens (tertiary/aromatic N) is 3. The molecule has 0 fully saturated rings. The summed E-state index contributed by atoms with van der Waals surface area (Å²) in [6.45, 7) is 3.90. The summed E-state index contributed by atoms with van der Waals surface area (Å²) >= 11 is 0. The number of nitrogens with two attached hydrogens (primary N) is 1. The Labute approximate surface area is 87.3 Å². The maximum Gasteiger partial charge on any atom is 0.171 e. The summed E-state index contributed by atoms with van der Waals surface area (Å²) in [7, 11) is 0. The molecule has 0 bridgehead atoms. The van der Waals surface area contributed by atoms with Crippen molar-refractivity contribution in [2.24, 2.45) is 0 Å². The van der Waals surface area contributed by atoms with Crippen LogP contribution in [0.15, 0.2) is 16.7 Å². The van der Waals surface area contributed by atoms with Crippen LogP contribution in [-0.2, 0) is 6.42 Å². The molecular weight excluding hydrogens is 192 g/mol. The summed E-state index contributed by atoms with van der Waals surface area (Å²) in [5.41, 5.74) is 8.15. The first-order chi connectivity index (χ1) is 7.20. The van der Waals surface area contributed by atoms with Crippen LogP contribution in [0.3, 0.4) is 0 Å². The molecule has 0 aliphatic rings. The van der Waals surface area contributed by atoms with Gasteiger partial charge in [0.1, 0.15) is 0 Å². The number of hydrogen-bond acceptors (Lipinski definition) is 5. The van der Waals surface area contributed by atoms with Gasteiger partial charge < -0.3 is 10.3 Å². The Balaban J connectivity index is 2.55. The largest absolute Gasteiger partial charge is 0.381 e. The minimum atomic E-state index is 0.376. The zero-order valence-corrected chi connectivity index (χ0v) is 8.69. The van der Waals surface area contributed by atoms with Crippen LogP contribution < -0.4 is 5.73 Å². The van der Waals surface area contributed by atoms with E-state index in [2.05, 4.69) is 15.4 Å². The van der Waals surface area contributed by atoms with Crippen molar-refractivity contribution in [1.29, 1.82) is 0 Å². The molecule has 2 N–H and O–H groups in total. The van der Waals surface area contributed by atoms with Gasteiger partial charge in [-0.2, -0.15) is 10.2 Å². The van der Waals surface area contributed by atoms with Crippen LogP contribution in [0.1, 0.15) is 18.3 Å². The lowest BCUT2D eigenvalue weighted by molar-refractivity contribution is 0.435. The number of hydrogen-bond donors (Lipinski definition) is 1. The first-order valence-corrected chi connectivity index (χ1v) is 4.76. The van der Waals surface area contributed by atoms with Crippen molar-refractivity contribution in [2.75, 3.05) is 5.73 Å². The van der Waals surface area contributed by atoms with Crippen molar-refractivity contribution in [1.82, 2.24) is 15.4 Å². The quantitative estimate of drug-likeness (QED) is 0.803. The molecule has 0 saturated carbocycles. The molecule has 0 radical (unpaired) electrons. The monoisotopic (exact) mass is 204 g/mol. The Bertz CT molecular complexity index is 478. The predicted molar refractivity (Wildman–Crippen MR) is 56.1 cm³/mol. The van der Waals surface area contributed by atoms with Crippen molar-refractivity contribution in [3.8, 4) is 11.3 Å². The van der Waals surface area contributed by atoms with Crippen LogP contribution in [0.5, 0.6) is 0 Å². The van der Waals surface area contributed by atoms with Gasteiger partial charge in [-0.1, -0.05) is 12.1 Å². The average Bonchev–Trinajstić information content (AvgIpc) is 2.65. The smallest absolute Gasteiger partial charge is 0.171 e. The third-order valence-electron chi connectivity index (χ3n) is 2.12. The molecule has 5 nitrogen and oxygen atoms in total. The van der Waals surface area contributed by atoms with E-state index in [9.17, 15) is 0 Å². The van der Waals surface area contributed by atoms with E-state index < -0.39 is 0 Å². The van der Waals surface area contributed by atoms with E-state index in [1.807, 2.05) is 19.9 Å². The van der Waals surface area contributed by atoms with Gasteiger partial charge in [-0.15, -0.1) is 0 Å². The predicted octanol–water partition coefficient (Wildman–Crippen LogP) is 1.58. The Kier molecular flexibility index (Phi) is 2.37. The minimum absolute atomic E-state index is 0.376. The third kappa shape index (κ3) is 1.81. The number of anilines is 1. The molecule has 2 aromatic heterocycles. The van der Waals surface area contributed by atoms with Crippen molar-refractivity contribution < 1.29 is 4.52 Å². The Morgan fingerprint density at radius 3 is 2.73 bits per heavy atom. The molecule has 0 aliphatic carbocycles. The number of nitrogen functional groups attached to an aromatic ring is 1. The van der Waals surface area contributed by atoms with E-state index in [1.165, 1.54) is 0 Å². The highest BCUT2D eigenvalue weighted by molar-refractivity contribution is 5.62. The molecule has 5 heteroatoms. The van der Waals surface area contributed by atoms with E-state index in [4.69, 9.17) is 10.3 Å². The first kappa shape index (κ1) is 9.64. The molecule has 0 aliphatic heterocycles. The summed E-state index contributed by atoms with van der Waals surface area (Å²) in [5, 5.41) is 11.8. The third-order valence-corrected chi connectivity index (χ3v) is 2.12. The highest BCUT2D eigenvalue weighted by Crippen LogP contribution is 2.24. The van der Waals surface area contributed by atoms with E-state index in [1.54, 1.807) is 6.07 Å².